The molecule has 0 bridgehead atoms. The summed E-state index contributed by atoms with van der Waals surface area (Å²) in [5.74, 6) is -0.696. The lowest BCUT2D eigenvalue weighted by Crippen LogP contribution is -2.31. The molecule has 0 radical (unpaired) electrons. The second-order valence-electron chi connectivity index (χ2n) is 5.65. The Morgan fingerprint density at radius 2 is 1.83 bits per heavy atom. The highest BCUT2D eigenvalue weighted by Gasteiger charge is 2.33. The molecule has 1 amide bonds. The average Bonchev–Trinajstić information content (AvgIpc) is 2.84. The van der Waals surface area contributed by atoms with E-state index in [4.69, 9.17) is 0 Å². The number of carbonyl (C=O) groups is 1. The summed E-state index contributed by atoms with van der Waals surface area (Å²) in [5.41, 5.74) is 2.20. The zero-order chi connectivity index (χ0) is 17.1. The van der Waals surface area contributed by atoms with Gasteiger partial charge in [0.15, 0.2) is 0 Å². The first-order valence-corrected chi connectivity index (χ1v) is 7.64. The first-order chi connectivity index (χ1) is 11.5. The molecule has 4 nitrogen and oxygen atoms in total. The van der Waals surface area contributed by atoms with Crippen molar-refractivity contribution in [1.82, 2.24) is 5.32 Å². The Labute approximate surface area is 139 Å². The monoisotopic (exact) mass is 324 g/mol. The minimum absolute atomic E-state index is 0.0264. The number of halogens is 1. The number of carbonyl (C=O) groups excluding carboxylic acids is 1. The highest BCUT2D eigenvalue weighted by molar-refractivity contribution is 6.23. The number of aliphatic imine (C=N–C) groups is 1. The van der Waals surface area contributed by atoms with Gasteiger partial charge in [-0.3, -0.25) is 9.79 Å². The fourth-order valence-electron chi connectivity index (χ4n) is 2.69. The molecule has 0 aliphatic carbocycles. The normalized spacial score (nSPS) is 18.0. The average molecular weight is 324 g/mol. The number of amides is 1. The summed E-state index contributed by atoms with van der Waals surface area (Å²) < 4.78 is 13.0. The molecule has 0 saturated carbocycles. The van der Waals surface area contributed by atoms with E-state index in [0.29, 0.717) is 17.8 Å². The Morgan fingerprint density at radius 1 is 1.17 bits per heavy atom. The van der Waals surface area contributed by atoms with Crippen LogP contribution in [-0.4, -0.2) is 22.8 Å². The molecular formula is C19H17FN2O2. The van der Waals surface area contributed by atoms with Crippen LogP contribution in [0.15, 0.2) is 70.9 Å². The molecule has 5 heteroatoms. The van der Waals surface area contributed by atoms with Gasteiger partial charge in [0.05, 0.1) is 17.4 Å². The second kappa shape index (κ2) is 6.66. The van der Waals surface area contributed by atoms with Crippen LogP contribution in [0.25, 0.3) is 0 Å². The van der Waals surface area contributed by atoms with Gasteiger partial charge in [-0.15, -0.1) is 0 Å². The van der Waals surface area contributed by atoms with Gasteiger partial charge in [0.25, 0.3) is 5.91 Å². The number of nitrogens with one attached hydrogen (secondary N) is 1. The van der Waals surface area contributed by atoms with E-state index in [1.807, 2.05) is 30.3 Å². The summed E-state index contributed by atoms with van der Waals surface area (Å²) in [6.07, 6.45) is 0.389. The molecule has 122 valence electrons. The Hall–Kier alpha value is -2.95. The van der Waals surface area contributed by atoms with Gasteiger partial charge in [-0.1, -0.05) is 30.3 Å². The number of hydrogen-bond acceptors (Lipinski definition) is 3. The molecule has 3 rings (SSSR count). The molecule has 0 fully saturated rings. The van der Waals surface area contributed by atoms with Gasteiger partial charge < -0.3 is 10.4 Å². The Bertz CT molecular complexity index is 811. The molecule has 1 atom stereocenters. The molecule has 24 heavy (non-hydrogen) atoms. The lowest BCUT2D eigenvalue weighted by Gasteiger charge is -2.11. The molecule has 2 aromatic rings. The Balaban J connectivity index is 1.84. The number of aliphatic hydroxyl groups is 1. The standard InChI is InChI=1S/C19H17FN2O2/c1-12(21-15-5-3-2-4-6-15)17-18(23)16(22-19(17)24)11-13-7-9-14(20)10-8-13/h2-10,16,23H,11H2,1H3,(H,22,24). The highest BCUT2D eigenvalue weighted by atomic mass is 19.1. The molecule has 0 aromatic heterocycles. The third kappa shape index (κ3) is 3.35. The number of aliphatic hydroxyl groups excluding tert-OH is 1. The number of para-hydroxylation sites is 1. The molecule has 1 unspecified atom stereocenters. The van der Waals surface area contributed by atoms with Crippen LogP contribution in [0.2, 0.25) is 0 Å². The van der Waals surface area contributed by atoms with Crippen molar-refractivity contribution >= 4 is 17.3 Å². The van der Waals surface area contributed by atoms with Crippen molar-refractivity contribution in [3.63, 3.8) is 0 Å². The number of hydrogen-bond donors (Lipinski definition) is 2. The zero-order valence-corrected chi connectivity index (χ0v) is 13.2. The van der Waals surface area contributed by atoms with Gasteiger partial charge in [-0.2, -0.15) is 0 Å². The van der Waals surface area contributed by atoms with E-state index in [2.05, 4.69) is 10.3 Å². The second-order valence-corrected chi connectivity index (χ2v) is 5.65. The van der Waals surface area contributed by atoms with Crippen molar-refractivity contribution < 1.29 is 14.3 Å². The van der Waals surface area contributed by atoms with E-state index in [1.165, 1.54) is 12.1 Å². The largest absolute Gasteiger partial charge is 0.509 e. The molecule has 1 aliphatic heterocycles. The fraction of sp³-hybridized carbons (Fsp3) is 0.158. The Morgan fingerprint density at radius 3 is 2.50 bits per heavy atom. The van der Waals surface area contributed by atoms with E-state index in [-0.39, 0.29) is 23.1 Å². The SMILES string of the molecule is CC(=Nc1ccccc1)C1=C(O)C(Cc2ccc(F)cc2)NC1=O. The lowest BCUT2D eigenvalue weighted by atomic mass is 10.0. The summed E-state index contributed by atoms with van der Waals surface area (Å²) in [7, 11) is 0. The van der Waals surface area contributed by atoms with Crippen molar-refractivity contribution in [2.75, 3.05) is 0 Å². The van der Waals surface area contributed by atoms with E-state index in [0.717, 1.165) is 5.56 Å². The van der Waals surface area contributed by atoms with Crippen LogP contribution in [0.4, 0.5) is 10.1 Å². The summed E-state index contributed by atoms with van der Waals surface area (Å²) in [6.45, 7) is 1.69. The molecule has 1 heterocycles. The van der Waals surface area contributed by atoms with Crippen LogP contribution in [0.1, 0.15) is 12.5 Å². The van der Waals surface area contributed by atoms with E-state index >= 15 is 0 Å². The van der Waals surface area contributed by atoms with Crippen LogP contribution in [0.5, 0.6) is 0 Å². The fourth-order valence-corrected chi connectivity index (χ4v) is 2.69. The number of rotatable bonds is 4. The molecule has 0 spiro atoms. The molecule has 2 aromatic carbocycles. The first kappa shape index (κ1) is 15.9. The minimum Gasteiger partial charge on any atom is -0.509 e. The van der Waals surface area contributed by atoms with Crippen molar-refractivity contribution in [3.8, 4) is 0 Å². The van der Waals surface area contributed by atoms with E-state index in [1.54, 1.807) is 19.1 Å². The predicted octanol–water partition coefficient (Wildman–Crippen LogP) is 3.47. The maximum atomic E-state index is 13.0. The number of nitrogens with zero attached hydrogens (tertiary/aromatic N) is 1. The van der Waals surface area contributed by atoms with Crippen molar-refractivity contribution in [2.45, 2.75) is 19.4 Å². The predicted molar refractivity (Wildman–Crippen MR) is 90.9 cm³/mol. The Kier molecular flexibility index (Phi) is 4.42. The topological polar surface area (TPSA) is 61.7 Å². The third-order valence-electron chi connectivity index (χ3n) is 3.89. The number of benzene rings is 2. The smallest absolute Gasteiger partial charge is 0.257 e. The first-order valence-electron chi connectivity index (χ1n) is 7.64. The van der Waals surface area contributed by atoms with Crippen molar-refractivity contribution in [1.29, 1.82) is 0 Å². The van der Waals surface area contributed by atoms with Crippen LogP contribution >= 0.6 is 0 Å². The van der Waals surface area contributed by atoms with Crippen molar-refractivity contribution in [2.24, 2.45) is 4.99 Å². The van der Waals surface area contributed by atoms with Gasteiger partial charge in [-0.05, 0) is 43.2 Å². The maximum absolute atomic E-state index is 13.0. The molecule has 2 N–H and O–H groups in total. The third-order valence-corrected chi connectivity index (χ3v) is 3.89. The van der Waals surface area contributed by atoms with E-state index in [9.17, 15) is 14.3 Å². The molecule has 0 saturated heterocycles. The van der Waals surface area contributed by atoms with Crippen LogP contribution in [0, 0.1) is 5.82 Å². The zero-order valence-electron chi connectivity index (χ0n) is 13.2. The van der Waals surface area contributed by atoms with Gasteiger partial charge in [-0.25, -0.2) is 4.39 Å². The van der Waals surface area contributed by atoms with Crippen LogP contribution < -0.4 is 5.32 Å². The summed E-state index contributed by atoms with van der Waals surface area (Å²) in [5, 5.41) is 13.2. The van der Waals surface area contributed by atoms with Crippen molar-refractivity contribution in [3.05, 3.63) is 77.3 Å². The van der Waals surface area contributed by atoms with Gasteiger partial charge in [0, 0.05) is 0 Å². The minimum atomic E-state index is -0.529. The summed E-state index contributed by atoms with van der Waals surface area (Å²) >= 11 is 0. The van der Waals surface area contributed by atoms with Gasteiger partial charge >= 0.3 is 0 Å². The lowest BCUT2D eigenvalue weighted by molar-refractivity contribution is -0.116. The molecular weight excluding hydrogens is 307 g/mol. The quantitative estimate of drug-likeness (QED) is 0.846. The van der Waals surface area contributed by atoms with Crippen LogP contribution in [-0.2, 0) is 11.2 Å². The van der Waals surface area contributed by atoms with Crippen LogP contribution in [0.3, 0.4) is 0 Å². The van der Waals surface area contributed by atoms with Gasteiger partial charge in [0.1, 0.15) is 17.1 Å². The highest BCUT2D eigenvalue weighted by Crippen LogP contribution is 2.22. The van der Waals surface area contributed by atoms with Gasteiger partial charge in [0.2, 0.25) is 0 Å². The van der Waals surface area contributed by atoms with E-state index < -0.39 is 6.04 Å². The maximum Gasteiger partial charge on any atom is 0.257 e. The molecule has 1 aliphatic rings. The summed E-state index contributed by atoms with van der Waals surface area (Å²) in [6, 6.07) is 14.7. The summed E-state index contributed by atoms with van der Waals surface area (Å²) in [4.78, 5) is 16.6.